The minimum atomic E-state index is -1.02. The molecule has 0 aliphatic carbocycles. The summed E-state index contributed by atoms with van der Waals surface area (Å²) in [5.74, 6) is -1.02. The molecule has 1 amide bonds. The number of hydrogen-bond donors (Lipinski definition) is 1. The van der Waals surface area contributed by atoms with Crippen molar-refractivity contribution < 1.29 is 19.4 Å². The summed E-state index contributed by atoms with van der Waals surface area (Å²) in [6.07, 6.45) is -0.298. The van der Waals surface area contributed by atoms with Crippen molar-refractivity contribution in [2.24, 2.45) is 0 Å². The van der Waals surface area contributed by atoms with Crippen LogP contribution in [0.5, 0.6) is 0 Å². The van der Waals surface area contributed by atoms with E-state index in [0.29, 0.717) is 6.42 Å². The Bertz CT molecular complexity index is 329. The monoisotopic (exact) mass is 227 g/mol. The Balaban J connectivity index is 2.75. The standard InChI is InChI=1S/C11H17NO4/c1-7-5-8(9(13)14)12(6-7)10(15)16-11(2,3)4/h8H,1,5-6H2,2-4H3,(H,13,14)/t8-/m0/s1. The van der Waals surface area contributed by atoms with E-state index in [4.69, 9.17) is 9.84 Å². The maximum atomic E-state index is 11.7. The Morgan fingerprint density at radius 3 is 2.50 bits per heavy atom. The number of likely N-dealkylation sites (tertiary alicyclic amines) is 1. The molecule has 0 bridgehead atoms. The number of nitrogens with zero attached hydrogens (tertiary/aromatic N) is 1. The van der Waals surface area contributed by atoms with Crippen molar-refractivity contribution in [1.29, 1.82) is 0 Å². The van der Waals surface area contributed by atoms with E-state index in [9.17, 15) is 9.59 Å². The Labute approximate surface area is 94.7 Å². The Kier molecular flexibility index (Phi) is 3.26. The summed E-state index contributed by atoms with van der Waals surface area (Å²) in [4.78, 5) is 23.9. The lowest BCUT2D eigenvalue weighted by molar-refractivity contribution is -0.142. The average molecular weight is 227 g/mol. The summed E-state index contributed by atoms with van der Waals surface area (Å²) in [5.41, 5.74) is 0.114. The van der Waals surface area contributed by atoms with Crippen LogP contribution in [0.25, 0.3) is 0 Å². The minimum absolute atomic E-state index is 0.256. The number of ether oxygens (including phenoxy) is 1. The average Bonchev–Trinajstić information content (AvgIpc) is 2.44. The van der Waals surface area contributed by atoms with E-state index in [2.05, 4.69) is 6.58 Å². The van der Waals surface area contributed by atoms with Crippen LogP contribution >= 0.6 is 0 Å². The van der Waals surface area contributed by atoms with E-state index in [1.165, 1.54) is 4.90 Å². The fourth-order valence-corrected chi connectivity index (χ4v) is 1.53. The zero-order valence-electron chi connectivity index (χ0n) is 9.82. The second-order valence-electron chi connectivity index (χ2n) is 4.92. The molecule has 5 heteroatoms. The van der Waals surface area contributed by atoms with Crippen molar-refractivity contribution in [3.63, 3.8) is 0 Å². The van der Waals surface area contributed by atoms with Crippen molar-refractivity contribution in [1.82, 2.24) is 4.90 Å². The molecule has 1 atom stereocenters. The topological polar surface area (TPSA) is 66.8 Å². The van der Waals surface area contributed by atoms with Gasteiger partial charge >= 0.3 is 12.1 Å². The largest absolute Gasteiger partial charge is 0.480 e. The molecule has 0 aromatic heterocycles. The van der Waals surface area contributed by atoms with Crippen LogP contribution in [-0.2, 0) is 9.53 Å². The van der Waals surface area contributed by atoms with Crippen LogP contribution in [0.2, 0.25) is 0 Å². The first-order chi connectivity index (χ1) is 7.20. The zero-order chi connectivity index (χ0) is 12.5. The van der Waals surface area contributed by atoms with Crippen molar-refractivity contribution in [2.45, 2.75) is 38.8 Å². The number of carboxylic acids is 1. The first-order valence-corrected chi connectivity index (χ1v) is 5.10. The summed E-state index contributed by atoms with van der Waals surface area (Å²) in [6, 6.07) is -0.845. The predicted octanol–water partition coefficient (Wildman–Crippen LogP) is 1.64. The summed E-state index contributed by atoms with van der Waals surface area (Å²) in [5, 5.41) is 8.96. The molecule has 5 nitrogen and oxygen atoms in total. The van der Waals surface area contributed by atoms with Gasteiger partial charge in [-0.1, -0.05) is 12.2 Å². The van der Waals surface area contributed by atoms with Gasteiger partial charge in [0.05, 0.1) is 0 Å². The van der Waals surface area contributed by atoms with Gasteiger partial charge in [-0.2, -0.15) is 0 Å². The minimum Gasteiger partial charge on any atom is -0.480 e. The smallest absolute Gasteiger partial charge is 0.411 e. The van der Waals surface area contributed by atoms with Crippen LogP contribution in [0.15, 0.2) is 12.2 Å². The number of hydrogen-bond acceptors (Lipinski definition) is 3. The van der Waals surface area contributed by atoms with Gasteiger partial charge in [0, 0.05) is 13.0 Å². The molecule has 0 aromatic rings. The van der Waals surface area contributed by atoms with Crippen LogP contribution in [0, 0.1) is 0 Å². The molecule has 90 valence electrons. The van der Waals surface area contributed by atoms with Crippen molar-refractivity contribution in [3.8, 4) is 0 Å². The Morgan fingerprint density at radius 1 is 1.50 bits per heavy atom. The highest BCUT2D eigenvalue weighted by atomic mass is 16.6. The van der Waals surface area contributed by atoms with Crippen LogP contribution < -0.4 is 0 Å². The number of carbonyl (C=O) groups is 2. The summed E-state index contributed by atoms with van der Waals surface area (Å²) in [7, 11) is 0. The van der Waals surface area contributed by atoms with E-state index in [0.717, 1.165) is 5.57 Å². The molecule has 1 N–H and O–H groups in total. The molecule has 1 heterocycles. The normalized spacial score (nSPS) is 21.1. The van der Waals surface area contributed by atoms with Crippen LogP contribution in [0.1, 0.15) is 27.2 Å². The fourth-order valence-electron chi connectivity index (χ4n) is 1.53. The number of rotatable bonds is 1. The quantitative estimate of drug-likeness (QED) is 0.691. The van der Waals surface area contributed by atoms with Crippen molar-refractivity contribution in [2.75, 3.05) is 6.54 Å². The second-order valence-corrected chi connectivity index (χ2v) is 4.92. The highest BCUT2D eigenvalue weighted by Gasteiger charge is 2.38. The molecule has 1 aliphatic rings. The SMILES string of the molecule is C=C1C[C@@H](C(=O)O)N(C(=O)OC(C)(C)C)C1. The number of carbonyl (C=O) groups excluding carboxylic acids is 1. The van der Waals surface area contributed by atoms with Crippen molar-refractivity contribution >= 4 is 12.1 Å². The Hall–Kier alpha value is -1.52. The number of carboxylic acid groups (broad SMARTS) is 1. The molecular weight excluding hydrogens is 210 g/mol. The number of amides is 1. The van der Waals surface area contributed by atoms with Gasteiger partial charge in [0.1, 0.15) is 11.6 Å². The third kappa shape index (κ3) is 2.98. The fraction of sp³-hybridized carbons (Fsp3) is 0.636. The number of aliphatic carboxylic acids is 1. The van der Waals surface area contributed by atoms with Gasteiger partial charge in [0.25, 0.3) is 0 Å². The van der Waals surface area contributed by atoms with Gasteiger partial charge in [-0.15, -0.1) is 0 Å². The lowest BCUT2D eigenvalue weighted by Gasteiger charge is -2.26. The van der Waals surface area contributed by atoms with E-state index >= 15 is 0 Å². The maximum Gasteiger partial charge on any atom is 0.411 e. The molecule has 1 aliphatic heterocycles. The van der Waals surface area contributed by atoms with E-state index < -0.39 is 23.7 Å². The molecule has 1 saturated heterocycles. The summed E-state index contributed by atoms with van der Waals surface area (Å²) in [6.45, 7) is 9.18. The van der Waals surface area contributed by atoms with Gasteiger partial charge < -0.3 is 9.84 Å². The highest BCUT2D eigenvalue weighted by Crippen LogP contribution is 2.23. The maximum absolute atomic E-state index is 11.7. The van der Waals surface area contributed by atoms with Gasteiger partial charge in [-0.3, -0.25) is 4.90 Å². The summed E-state index contributed by atoms with van der Waals surface area (Å²) < 4.78 is 5.13. The van der Waals surface area contributed by atoms with Crippen LogP contribution in [-0.4, -0.2) is 40.3 Å². The molecule has 0 unspecified atom stereocenters. The third-order valence-corrected chi connectivity index (χ3v) is 2.17. The van der Waals surface area contributed by atoms with Crippen molar-refractivity contribution in [3.05, 3.63) is 12.2 Å². The lowest BCUT2D eigenvalue weighted by atomic mass is 10.2. The van der Waals surface area contributed by atoms with Gasteiger partial charge in [-0.25, -0.2) is 9.59 Å². The molecule has 0 aromatic carbocycles. The first-order valence-electron chi connectivity index (χ1n) is 5.10. The lowest BCUT2D eigenvalue weighted by Crippen LogP contribution is -2.43. The van der Waals surface area contributed by atoms with Gasteiger partial charge in [-0.05, 0) is 20.8 Å². The molecule has 0 saturated carbocycles. The molecular formula is C11H17NO4. The molecule has 1 rings (SSSR count). The Morgan fingerprint density at radius 2 is 2.06 bits per heavy atom. The van der Waals surface area contributed by atoms with Crippen LogP contribution in [0.3, 0.4) is 0 Å². The van der Waals surface area contributed by atoms with E-state index in [1.807, 2.05) is 0 Å². The van der Waals surface area contributed by atoms with Crippen LogP contribution in [0.4, 0.5) is 4.79 Å². The predicted molar refractivity (Wildman–Crippen MR) is 58.1 cm³/mol. The first kappa shape index (κ1) is 12.5. The molecule has 16 heavy (non-hydrogen) atoms. The third-order valence-electron chi connectivity index (χ3n) is 2.17. The second kappa shape index (κ2) is 4.15. The zero-order valence-corrected chi connectivity index (χ0v) is 9.82. The van der Waals surface area contributed by atoms with Gasteiger partial charge in [0.15, 0.2) is 0 Å². The molecule has 0 spiro atoms. The highest BCUT2D eigenvalue weighted by molar-refractivity contribution is 5.81. The van der Waals surface area contributed by atoms with E-state index in [1.54, 1.807) is 20.8 Å². The summed E-state index contributed by atoms with van der Waals surface area (Å²) >= 11 is 0. The molecule has 0 radical (unpaired) electrons. The molecule has 1 fully saturated rings. The van der Waals surface area contributed by atoms with Gasteiger partial charge in [0.2, 0.25) is 0 Å². The van der Waals surface area contributed by atoms with E-state index in [-0.39, 0.29) is 6.54 Å².